The van der Waals surface area contributed by atoms with Crippen LogP contribution in [0.1, 0.15) is 31.9 Å². The normalized spacial score (nSPS) is 18.1. The van der Waals surface area contributed by atoms with Crippen molar-refractivity contribution in [2.24, 2.45) is 0 Å². The van der Waals surface area contributed by atoms with Gasteiger partial charge in [0.05, 0.1) is 26.1 Å². The first-order chi connectivity index (χ1) is 14.1. The van der Waals surface area contributed by atoms with Crippen molar-refractivity contribution in [3.8, 4) is 0 Å². The molecule has 10 heteroatoms. The summed E-state index contributed by atoms with van der Waals surface area (Å²) in [5.41, 5.74) is 1.17. The van der Waals surface area contributed by atoms with Gasteiger partial charge in [0.15, 0.2) is 0 Å². The zero-order valence-electron chi connectivity index (χ0n) is 19.8. The van der Waals surface area contributed by atoms with Gasteiger partial charge in [-0.3, -0.25) is 4.18 Å². The lowest BCUT2D eigenvalue weighted by Gasteiger charge is -2.50. The van der Waals surface area contributed by atoms with Crippen molar-refractivity contribution in [1.82, 2.24) is 4.31 Å². The molecule has 2 rings (SSSR count). The Morgan fingerprint density at radius 2 is 1.77 bits per heavy atom. The Bertz CT molecular complexity index is 814. The van der Waals surface area contributed by atoms with E-state index in [4.69, 9.17) is 13.7 Å². The van der Waals surface area contributed by atoms with Crippen LogP contribution in [0.15, 0.2) is 24.3 Å². The SMILES string of the molecule is CC(C)(C)[S+]([O-])N(COCC[Si](C)(C)C)C1(c2ccc(COS(C)(=O)=O)cc2)COC1. The molecule has 0 aromatic heterocycles. The Morgan fingerprint density at radius 3 is 2.19 bits per heavy atom. The van der Waals surface area contributed by atoms with Gasteiger partial charge in [0, 0.05) is 26.0 Å². The van der Waals surface area contributed by atoms with Crippen LogP contribution in [0.25, 0.3) is 0 Å². The molecule has 1 saturated heterocycles. The first-order valence-corrected chi connectivity index (χ1v) is 17.1. The van der Waals surface area contributed by atoms with Gasteiger partial charge in [-0.15, -0.1) is 0 Å². The Kier molecular flexibility index (Phi) is 8.82. The van der Waals surface area contributed by atoms with Gasteiger partial charge in [-0.25, -0.2) is 0 Å². The quantitative estimate of drug-likeness (QED) is 0.154. The fourth-order valence-corrected chi connectivity index (χ4v) is 5.49. The summed E-state index contributed by atoms with van der Waals surface area (Å²) in [4.78, 5) is 0. The number of ether oxygens (including phenoxy) is 2. The van der Waals surface area contributed by atoms with Crippen LogP contribution in [-0.2, 0) is 47.3 Å². The predicted molar refractivity (Wildman–Crippen MR) is 127 cm³/mol. The minimum Gasteiger partial charge on any atom is -0.597 e. The molecule has 1 aromatic carbocycles. The maximum Gasteiger partial charge on any atom is 0.264 e. The van der Waals surface area contributed by atoms with Crippen molar-refractivity contribution >= 4 is 29.6 Å². The molecule has 0 N–H and O–H groups in total. The highest BCUT2D eigenvalue weighted by molar-refractivity contribution is 7.90. The van der Waals surface area contributed by atoms with Gasteiger partial charge in [-0.05, 0) is 37.9 Å². The monoisotopic (exact) mass is 491 g/mol. The second-order valence-corrected chi connectivity index (χ2v) is 19.7. The highest BCUT2D eigenvalue weighted by Gasteiger charge is 2.54. The van der Waals surface area contributed by atoms with Crippen molar-refractivity contribution in [2.75, 3.05) is 32.8 Å². The Labute approximate surface area is 191 Å². The molecular weight excluding hydrogens is 454 g/mol. The van der Waals surface area contributed by atoms with Gasteiger partial charge in [0.2, 0.25) is 0 Å². The van der Waals surface area contributed by atoms with Crippen LogP contribution in [0, 0.1) is 0 Å². The molecule has 1 heterocycles. The largest absolute Gasteiger partial charge is 0.597 e. The number of rotatable bonds is 11. The summed E-state index contributed by atoms with van der Waals surface area (Å²) in [5.74, 6) is 0. The number of benzene rings is 1. The van der Waals surface area contributed by atoms with Crippen LogP contribution in [0.4, 0.5) is 0 Å². The van der Waals surface area contributed by atoms with E-state index in [9.17, 15) is 13.0 Å². The zero-order valence-corrected chi connectivity index (χ0v) is 22.4. The molecule has 1 fully saturated rings. The van der Waals surface area contributed by atoms with Gasteiger partial charge in [0.1, 0.15) is 17.0 Å². The average molecular weight is 492 g/mol. The molecule has 0 amide bonds. The Morgan fingerprint density at radius 1 is 1.19 bits per heavy atom. The first kappa shape index (κ1) is 26.8. The fraction of sp³-hybridized carbons (Fsp3) is 0.714. The molecule has 31 heavy (non-hydrogen) atoms. The van der Waals surface area contributed by atoms with E-state index in [1.165, 1.54) is 0 Å². The van der Waals surface area contributed by atoms with Crippen LogP contribution in [-0.4, -0.2) is 62.9 Å². The summed E-state index contributed by atoms with van der Waals surface area (Å²) in [6.07, 6.45) is 1.03. The van der Waals surface area contributed by atoms with Crippen LogP contribution < -0.4 is 0 Å². The van der Waals surface area contributed by atoms with Crippen molar-refractivity contribution in [1.29, 1.82) is 0 Å². The zero-order chi connectivity index (χ0) is 23.5. The summed E-state index contributed by atoms with van der Waals surface area (Å²) in [6.45, 7) is 14.5. The molecular formula is C21H37NO6S2Si. The molecule has 178 valence electrons. The lowest BCUT2D eigenvalue weighted by molar-refractivity contribution is -0.139. The second kappa shape index (κ2) is 10.2. The molecule has 0 bridgehead atoms. The summed E-state index contributed by atoms with van der Waals surface area (Å²) in [7, 11) is -4.72. The van der Waals surface area contributed by atoms with Gasteiger partial charge in [-0.1, -0.05) is 48.2 Å². The van der Waals surface area contributed by atoms with E-state index in [0.717, 1.165) is 23.4 Å². The minimum absolute atomic E-state index is 0.0138. The van der Waals surface area contributed by atoms with Crippen LogP contribution in [0.3, 0.4) is 0 Å². The standard InChI is InChI=1S/C21H37NO6S2Si/c1-20(2,3)29(23)22(17-26-12-13-31(5,6)7)21(15-27-16-21)19-10-8-18(9-11-19)14-28-30(4,24)25/h8-11H,12-17H2,1-7H3. The molecule has 1 aromatic rings. The molecule has 0 spiro atoms. The lowest BCUT2D eigenvalue weighted by Crippen LogP contribution is -2.64. The van der Waals surface area contributed by atoms with E-state index in [1.54, 1.807) is 0 Å². The summed E-state index contributed by atoms with van der Waals surface area (Å²) >= 11 is -1.30. The van der Waals surface area contributed by atoms with E-state index >= 15 is 0 Å². The van der Waals surface area contributed by atoms with Crippen LogP contribution >= 0.6 is 0 Å². The molecule has 7 nitrogen and oxygen atoms in total. The third kappa shape index (κ3) is 7.81. The van der Waals surface area contributed by atoms with E-state index in [-0.39, 0.29) is 13.3 Å². The first-order valence-electron chi connectivity index (χ1n) is 10.4. The van der Waals surface area contributed by atoms with E-state index < -0.39 is 39.8 Å². The summed E-state index contributed by atoms with van der Waals surface area (Å²) in [6, 6.07) is 8.58. The van der Waals surface area contributed by atoms with E-state index in [0.29, 0.717) is 19.8 Å². The maximum atomic E-state index is 13.5. The lowest BCUT2D eigenvalue weighted by atomic mass is 9.87. The molecule has 0 aliphatic carbocycles. The maximum absolute atomic E-state index is 13.5. The highest BCUT2D eigenvalue weighted by atomic mass is 32.2. The van der Waals surface area contributed by atoms with Gasteiger partial charge in [-0.2, -0.15) is 8.42 Å². The molecule has 0 radical (unpaired) electrons. The number of hydrogen-bond acceptors (Lipinski definition) is 7. The van der Waals surface area contributed by atoms with Crippen LogP contribution in [0.2, 0.25) is 25.7 Å². The number of hydrogen-bond donors (Lipinski definition) is 0. The Balaban J connectivity index is 2.22. The van der Waals surface area contributed by atoms with E-state index in [1.807, 2.05) is 49.3 Å². The van der Waals surface area contributed by atoms with Gasteiger partial charge in [0.25, 0.3) is 10.1 Å². The average Bonchev–Trinajstić information content (AvgIpc) is 2.59. The van der Waals surface area contributed by atoms with Gasteiger partial charge < -0.3 is 14.0 Å². The van der Waals surface area contributed by atoms with E-state index in [2.05, 4.69) is 19.6 Å². The van der Waals surface area contributed by atoms with Gasteiger partial charge >= 0.3 is 0 Å². The minimum atomic E-state index is -3.50. The predicted octanol–water partition coefficient (Wildman–Crippen LogP) is 3.46. The van der Waals surface area contributed by atoms with Crippen molar-refractivity contribution < 1.29 is 26.6 Å². The summed E-state index contributed by atoms with van der Waals surface area (Å²) < 4.78 is 53.9. The molecule has 1 atom stereocenters. The topological polar surface area (TPSA) is 88.1 Å². The third-order valence-electron chi connectivity index (χ3n) is 5.02. The molecule has 1 unspecified atom stereocenters. The third-order valence-corrected chi connectivity index (χ3v) is 9.17. The Hall–Kier alpha value is -0.463. The van der Waals surface area contributed by atoms with Crippen molar-refractivity contribution in [3.63, 3.8) is 0 Å². The van der Waals surface area contributed by atoms with Crippen LogP contribution in [0.5, 0.6) is 0 Å². The second-order valence-electron chi connectivity index (χ2n) is 10.3. The highest BCUT2D eigenvalue weighted by Crippen LogP contribution is 2.41. The molecule has 0 saturated carbocycles. The smallest absolute Gasteiger partial charge is 0.264 e. The van der Waals surface area contributed by atoms with Crippen molar-refractivity contribution in [3.05, 3.63) is 35.4 Å². The fourth-order valence-electron chi connectivity index (χ4n) is 3.02. The number of nitrogens with zero attached hydrogens (tertiary/aromatic N) is 1. The summed E-state index contributed by atoms with van der Waals surface area (Å²) in [5, 5.41) is 0. The molecule has 1 aliphatic rings. The van der Waals surface area contributed by atoms with Crippen molar-refractivity contribution in [2.45, 2.75) is 63.3 Å². The molecule has 1 aliphatic heterocycles.